The number of amides is 2. The number of aliphatic imine (C=N–C) groups is 1. The monoisotopic (exact) mass is 441 g/mol. The lowest BCUT2D eigenvalue weighted by Crippen LogP contribution is -2.34. The number of hydrogen-bond donors (Lipinski definition) is 1. The van der Waals surface area contributed by atoms with Gasteiger partial charge in [-0.2, -0.15) is 0 Å². The van der Waals surface area contributed by atoms with E-state index in [1.54, 1.807) is 30.2 Å². The molecule has 0 unspecified atom stereocenters. The van der Waals surface area contributed by atoms with Crippen molar-refractivity contribution >= 4 is 40.1 Å². The molecule has 1 aliphatic rings. The van der Waals surface area contributed by atoms with Crippen LogP contribution in [0.2, 0.25) is 0 Å². The first-order valence-corrected chi connectivity index (χ1v) is 11.0. The fourth-order valence-corrected chi connectivity index (χ4v) is 4.42. The highest BCUT2D eigenvalue weighted by Crippen LogP contribution is 2.33. The molecule has 31 heavy (non-hydrogen) atoms. The van der Waals surface area contributed by atoms with Gasteiger partial charge in [-0.05, 0) is 37.1 Å². The van der Waals surface area contributed by atoms with E-state index < -0.39 is 5.25 Å². The van der Waals surface area contributed by atoms with Gasteiger partial charge in [0.1, 0.15) is 5.25 Å². The van der Waals surface area contributed by atoms with Crippen LogP contribution >= 0.6 is 11.8 Å². The Balaban J connectivity index is 1.73. The second-order valence-corrected chi connectivity index (χ2v) is 8.27. The highest BCUT2D eigenvalue weighted by molar-refractivity contribution is 8.15. The van der Waals surface area contributed by atoms with Crippen LogP contribution in [0.4, 0.5) is 11.4 Å². The minimum atomic E-state index is -0.505. The van der Waals surface area contributed by atoms with E-state index in [2.05, 4.69) is 5.32 Å². The van der Waals surface area contributed by atoms with Crippen molar-refractivity contribution in [2.45, 2.75) is 31.9 Å². The number of aryl methyl sites for hydroxylation is 1. The average Bonchev–Trinajstić information content (AvgIpc) is 3.04. The highest BCUT2D eigenvalue weighted by atomic mass is 32.2. The molecule has 7 nitrogen and oxygen atoms in total. The van der Waals surface area contributed by atoms with Crippen molar-refractivity contribution in [1.29, 1.82) is 0 Å². The number of amidine groups is 1. The van der Waals surface area contributed by atoms with E-state index in [4.69, 9.17) is 14.5 Å². The first kappa shape index (κ1) is 22.7. The fourth-order valence-electron chi connectivity index (χ4n) is 3.24. The fraction of sp³-hybridized carbons (Fsp3) is 0.348. The number of thioether (sulfide) groups is 1. The van der Waals surface area contributed by atoms with Crippen molar-refractivity contribution in [3.8, 4) is 11.5 Å². The largest absolute Gasteiger partial charge is 0.493 e. The van der Waals surface area contributed by atoms with Crippen LogP contribution in [0.5, 0.6) is 11.5 Å². The number of benzene rings is 2. The Morgan fingerprint density at radius 2 is 1.90 bits per heavy atom. The van der Waals surface area contributed by atoms with Crippen molar-refractivity contribution in [1.82, 2.24) is 4.90 Å². The third-order valence-corrected chi connectivity index (χ3v) is 6.01. The van der Waals surface area contributed by atoms with Crippen LogP contribution in [0.25, 0.3) is 0 Å². The van der Waals surface area contributed by atoms with Gasteiger partial charge >= 0.3 is 0 Å². The molecule has 2 aromatic carbocycles. The van der Waals surface area contributed by atoms with Crippen molar-refractivity contribution < 1.29 is 19.1 Å². The molecule has 164 valence electrons. The van der Waals surface area contributed by atoms with Crippen molar-refractivity contribution in [3.63, 3.8) is 0 Å². The Labute approximate surface area is 186 Å². The zero-order valence-electron chi connectivity index (χ0n) is 18.2. The van der Waals surface area contributed by atoms with Crippen LogP contribution < -0.4 is 14.8 Å². The molecule has 0 bridgehead atoms. The van der Waals surface area contributed by atoms with Gasteiger partial charge in [-0.15, -0.1) is 0 Å². The summed E-state index contributed by atoms with van der Waals surface area (Å²) in [5, 5.41) is 2.98. The van der Waals surface area contributed by atoms with Crippen molar-refractivity contribution in [2.75, 3.05) is 26.1 Å². The first-order valence-electron chi connectivity index (χ1n) is 10.1. The van der Waals surface area contributed by atoms with Crippen molar-refractivity contribution in [3.05, 3.63) is 48.0 Å². The summed E-state index contributed by atoms with van der Waals surface area (Å²) in [5.74, 6) is 0.774. The molecule has 1 heterocycles. The van der Waals surface area contributed by atoms with Crippen LogP contribution in [0.1, 0.15) is 25.3 Å². The lowest BCUT2D eigenvalue weighted by molar-refractivity contribution is -0.128. The van der Waals surface area contributed by atoms with E-state index in [1.165, 1.54) is 18.9 Å². The average molecular weight is 442 g/mol. The molecular weight excluding hydrogens is 414 g/mol. The lowest BCUT2D eigenvalue weighted by atomic mass is 10.2. The molecule has 8 heteroatoms. The molecule has 3 rings (SSSR count). The minimum Gasteiger partial charge on any atom is -0.493 e. The van der Waals surface area contributed by atoms with Gasteiger partial charge in [0.2, 0.25) is 11.8 Å². The standard InChI is InChI=1S/C23H27N3O4S/c1-5-12-26-22(28)20(31-23(26)25-17-9-7-6-8-15(17)2)14-21(27)24-16-10-11-18(29-3)19(13-16)30-4/h6-11,13,20H,5,12,14H2,1-4H3,(H,24,27)/t20-/m0/s1. The second-order valence-electron chi connectivity index (χ2n) is 7.10. The van der Waals surface area contributed by atoms with Crippen LogP contribution in [0, 0.1) is 6.92 Å². The maximum Gasteiger partial charge on any atom is 0.242 e. The quantitative estimate of drug-likeness (QED) is 0.657. The van der Waals surface area contributed by atoms with E-state index in [-0.39, 0.29) is 18.2 Å². The molecular formula is C23H27N3O4S. The number of nitrogens with zero attached hydrogens (tertiary/aromatic N) is 2. The summed E-state index contributed by atoms with van der Waals surface area (Å²) < 4.78 is 10.5. The number of para-hydroxylation sites is 1. The summed E-state index contributed by atoms with van der Waals surface area (Å²) in [4.78, 5) is 32.0. The molecule has 0 aromatic heterocycles. The Hall–Kier alpha value is -3.00. The predicted molar refractivity (Wildman–Crippen MR) is 124 cm³/mol. The second kappa shape index (κ2) is 10.3. The van der Waals surface area contributed by atoms with Crippen LogP contribution in [-0.2, 0) is 9.59 Å². The maximum absolute atomic E-state index is 13.0. The van der Waals surface area contributed by atoms with Gasteiger partial charge in [0, 0.05) is 24.7 Å². The molecule has 1 fully saturated rings. The zero-order valence-corrected chi connectivity index (χ0v) is 19.0. The number of nitrogens with one attached hydrogen (secondary N) is 1. The van der Waals surface area contributed by atoms with E-state index in [1.807, 2.05) is 38.1 Å². The molecule has 2 amide bonds. The van der Waals surface area contributed by atoms with Crippen LogP contribution in [-0.4, -0.2) is 47.9 Å². The summed E-state index contributed by atoms with van der Waals surface area (Å²) >= 11 is 1.34. The van der Waals surface area contributed by atoms with Gasteiger partial charge in [0.25, 0.3) is 0 Å². The van der Waals surface area contributed by atoms with E-state index in [0.29, 0.717) is 28.9 Å². The van der Waals surface area contributed by atoms with Gasteiger partial charge in [-0.25, -0.2) is 4.99 Å². The normalized spacial score (nSPS) is 17.2. The van der Waals surface area contributed by atoms with E-state index in [0.717, 1.165) is 17.7 Å². The topological polar surface area (TPSA) is 80.2 Å². The maximum atomic E-state index is 13.0. The Morgan fingerprint density at radius 1 is 1.16 bits per heavy atom. The summed E-state index contributed by atoms with van der Waals surface area (Å²) in [6.07, 6.45) is 0.870. The number of rotatable bonds is 8. The zero-order chi connectivity index (χ0) is 22.4. The Morgan fingerprint density at radius 3 is 2.58 bits per heavy atom. The Kier molecular flexibility index (Phi) is 7.57. The van der Waals surface area contributed by atoms with E-state index >= 15 is 0 Å². The first-order chi connectivity index (χ1) is 15.0. The molecule has 0 spiro atoms. The van der Waals surface area contributed by atoms with Crippen molar-refractivity contribution in [2.24, 2.45) is 4.99 Å². The molecule has 1 atom stereocenters. The number of ether oxygens (including phenoxy) is 2. The summed E-state index contributed by atoms with van der Waals surface area (Å²) in [6, 6.07) is 12.9. The minimum absolute atomic E-state index is 0.0604. The van der Waals surface area contributed by atoms with Gasteiger partial charge in [0.15, 0.2) is 16.7 Å². The highest BCUT2D eigenvalue weighted by Gasteiger charge is 2.38. The van der Waals surface area contributed by atoms with Crippen LogP contribution in [0.3, 0.4) is 0 Å². The third-order valence-electron chi connectivity index (χ3n) is 4.84. The number of carbonyl (C=O) groups excluding carboxylic acids is 2. The number of anilines is 1. The third kappa shape index (κ3) is 5.38. The molecule has 1 N–H and O–H groups in total. The Bertz CT molecular complexity index is 993. The predicted octanol–water partition coefficient (Wildman–Crippen LogP) is 4.38. The number of hydrogen-bond acceptors (Lipinski definition) is 6. The molecule has 2 aromatic rings. The van der Waals surface area contributed by atoms with Gasteiger partial charge < -0.3 is 14.8 Å². The van der Waals surface area contributed by atoms with E-state index in [9.17, 15) is 9.59 Å². The summed E-state index contributed by atoms with van der Waals surface area (Å²) in [7, 11) is 3.09. The van der Waals surface area contributed by atoms with Gasteiger partial charge in [-0.3, -0.25) is 14.5 Å². The van der Waals surface area contributed by atoms with Gasteiger partial charge in [-0.1, -0.05) is 36.9 Å². The number of carbonyl (C=O) groups is 2. The smallest absolute Gasteiger partial charge is 0.242 e. The van der Waals surface area contributed by atoms with Crippen LogP contribution in [0.15, 0.2) is 47.5 Å². The number of methoxy groups -OCH3 is 2. The molecule has 1 saturated heterocycles. The summed E-state index contributed by atoms with van der Waals surface area (Å²) in [6.45, 7) is 4.57. The summed E-state index contributed by atoms with van der Waals surface area (Å²) in [5.41, 5.74) is 2.45. The molecule has 0 aliphatic carbocycles. The SMILES string of the molecule is CCCN1C(=O)[C@H](CC(=O)Nc2ccc(OC)c(OC)c2)SC1=Nc1ccccc1C. The molecule has 0 saturated carbocycles. The lowest BCUT2D eigenvalue weighted by Gasteiger charge is -2.15. The molecule has 1 aliphatic heterocycles. The van der Waals surface area contributed by atoms with Gasteiger partial charge in [0.05, 0.1) is 19.9 Å². The molecule has 0 radical (unpaired) electrons.